The molecule has 0 saturated carbocycles. The van der Waals surface area contributed by atoms with Gasteiger partial charge in [0.25, 0.3) is 0 Å². The first-order valence-corrected chi connectivity index (χ1v) is 9.83. The predicted molar refractivity (Wildman–Crippen MR) is 96.2 cm³/mol. The Morgan fingerprint density at radius 3 is 2.17 bits per heavy atom. The molecule has 0 N–H and O–H groups in total. The second-order valence-electron chi connectivity index (χ2n) is 5.32. The van der Waals surface area contributed by atoms with Gasteiger partial charge in [0.2, 0.25) is 10.0 Å². The van der Waals surface area contributed by atoms with E-state index in [1.165, 1.54) is 34.8 Å². The van der Waals surface area contributed by atoms with Crippen molar-refractivity contribution in [2.24, 2.45) is 0 Å². The number of benzene rings is 2. The largest absolute Gasteiger partial charge is 0.274 e. The molecule has 24 heavy (non-hydrogen) atoms. The summed E-state index contributed by atoms with van der Waals surface area (Å²) in [6, 6.07) is 13.4. The summed E-state index contributed by atoms with van der Waals surface area (Å²) in [4.78, 5) is 4.57. The molecule has 2 aromatic carbocycles. The summed E-state index contributed by atoms with van der Waals surface area (Å²) in [6.45, 7) is 0. The number of thiazole rings is 1. The lowest BCUT2D eigenvalue weighted by Crippen LogP contribution is -2.24. The van der Waals surface area contributed by atoms with E-state index < -0.39 is 10.0 Å². The van der Waals surface area contributed by atoms with Crippen LogP contribution in [-0.2, 0) is 10.0 Å². The lowest BCUT2D eigenvalue weighted by atomic mass is 10.1. The number of halogens is 1. The van der Waals surface area contributed by atoms with Crippen LogP contribution in [0.25, 0.3) is 21.8 Å². The van der Waals surface area contributed by atoms with Crippen molar-refractivity contribution >= 4 is 27.0 Å². The van der Waals surface area contributed by atoms with Gasteiger partial charge in [0.05, 0.1) is 17.6 Å². The van der Waals surface area contributed by atoms with Gasteiger partial charge in [-0.3, -0.25) is 4.31 Å². The minimum atomic E-state index is -3.28. The summed E-state index contributed by atoms with van der Waals surface area (Å²) in [6.07, 6.45) is 1.16. The number of nitrogens with zero attached hydrogens (tertiary/aromatic N) is 2. The van der Waals surface area contributed by atoms with Gasteiger partial charge in [-0.25, -0.2) is 17.8 Å². The molecule has 0 aliphatic rings. The SMILES string of the molecule is CN(c1ccc(-c2csc(-c3ccc(F)cc3)n2)cc1)S(C)(=O)=O. The third-order valence-corrected chi connectivity index (χ3v) is 5.72. The Kier molecular flexibility index (Phi) is 4.38. The van der Waals surface area contributed by atoms with E-state index in [-0.39, 0.29) is 5.82 Å². The Morgan fingerprint density at radius 1 is 1.00 bits per heavy atom. The number of hydrogen-bond acceptors (Lipinski definition) is 4. The van der Waals surface area contributed by atoms with Gasteiger partial charge in [-0.15, -0.1) is 11.3 Å². The zero-order valence-electron chi connectivity index (χ0n) is 13.1. The van der Waals surface area contributed by atoms with E-state index in [9.17, 15) is 12.8 Å². The van der Waals surface area contributed by atoms with Gasteiger partial charge in [0, 0.05) is 23.6 Å². The molecule has 0 unspecified atom stereocenters. The van der Waals surface area contributed by atoms with Crippen molar-refractivity contribution < 1.29 is 12.8 Å². The molecule has 0 aliphatic heterocycles. The molecule has 3 aromatic rings. The Balaban J connectivity index is 1.87. The number of hydrogen-bond donors (Lipinski definition) is 0. The van der Waals surface area contributed by atoms with Crippen LogP contribution < -0.4 is 4.31 Å². The molecular weight excluding hydrogens is 347 g/mol. The van der Waals surface area contributed by atoms with Gasteiger partial charge >= 0.3 is 0 Å². The van der Waals surface area contributed by atoms with Crippen LogP contribution in [-0.4, -0.2) is 26.7 Å². The summed E-state index contributed by atoms with van der Waals surface area (Å²) in [5.74, 6) is -0.277. The maximum absolute atomic E-state index is 13.0. The van der Waals surface area contributed by atoms with Crippen molar-refractivity contribution in [3.05, 3.63) is 59.7 Å². The van der Waals surface area contributed by atoms with Gasteiger partial charge in [-0.05, 0) is 36.4 Å². The second-order valence-corrected chi connectivity index (χ2v) is 8.19. The van der Waals surface area contributed by atoms with Crippen molar-refractivity contribution in [3.8, 4) is 21.8 Å². The fraction of sp³-hybridized carbons (Fsp3) is 0.118. The van der Waals surface area contributed by atoms with E-state index in [4.69, 9.17) is 0 Å². The average Bonchev–Trinajstić information content (AvgIpc) is 3.04. The van der Waals surface area contributed by atoms with Gasteiger partial charge < -0.3 is 0 Å². The normalized spacial score (nSPS) is 11.5. The quantitative estimate of drug-likeness (QED) is 0.704. The summed E-state index contributed by atoms with van der Waals surface area (Å²) in [5.41, 5.74) is 3.15. The standard InChI is InChI=1S/C17H15FN2O2S2/c1-20(24(2,21)22)15-9-5-12(6-10-15)16-11-23-17(19-16)13-3-7-14(18)8-4-13/h3-11H,1-2H3. The minimum Gasteiger partial charge on any atom is -0.274 e. The van der Waals surface area contributed by atoms with Gasteiger partial charge in [0.15, 0.2) is 0 Å². The molecule has 0 amide bonds. The van der Waals surface area contributed by atoms with Crippen LogP contribution in [0.1, 0.15) is 0 Å². The third kappa shape index (κ3) is 3.47. The smallest absolute Gasteiger partial charge is 0.231 e. The average molecular weight is 362 g/mol. The third-order valence-electron chi connectivity index (χ3n) is 3.62. The summed E-state index contributed by atoms with van der Waals surface area (Å²) >= 11 is 1.48. The molecule has 0 bridgehead atoms. The first-order chi connectivity index (χ1) is 11.3. The summed E-state index contributed by atoms with van der Waals surface area (Å²) in [5, 5.41) is 2.73. The molecular formula is C17H15FN2O2S2. The van der Waals surface area contributed by atoms with E-state index in [1.807, 2.05) is 17.5 Å². The number of aromatic nitrogens is 1. The molecule has 0 fully saturated rings. The van der Waals surface area contributed by atoms with Gasteiger partial charge in [-0.1, -0.05) is 12.1 Å². The molecule has 4 nitrogen and oxygen atoms in total. The van der Waals surface area contributed by atoms with Crippen LogP contribution >= 0.6 is 11.3 Å². The molecule has 0 spiro atoms. The van der Waals surface area contributed by atoms with Gasteiger partial charge in [0.1, 0.15) is 10.8 Å². The number of anilines is 1. The van der Waals surface area contributed by atoms with Crippen molar-refractivity contribution in [3.63, 3.8) is 0 Å². The molecule has 0 aliphatic carbocycles. The predicted octanol–water partition coefficient (Wildman–Crippen LogP) is 4.01. The summed E-state index contributed by atoms with van der Waals surface area (Å²) in [7, 11) is -1.77. The maximum atomic E-state index is 13.0. The van der Waals surface area contributed by atoms with Crippen LogP contribution in [0, 0.1) is 5.82 Å². The number of rotatable bonds is 4. The zero-order chi connectivity index (χ0) is 17.3. The van der Waals surface area contributed by atoms with E-state index in [0.717, 1.165) is 28.1 Å². The van der Waals surface area contributed by atoms with Crippen molar-refractivity contribution in [2.45, 2.75) is 0 Å². The molecule has 7 heteroatoms. The Hall–Kier alpha value is -2.25. The van der Waals surface area contributed by atoms with Crippen molar-refractivity contribution in [1.82, 2.24) is 4.98 Å². The van der Waals surface area contributed by atoms with Gasteiger partial charge in [-0.2, -0.15) is 0 Å². The topological polar surface area (TPSA) is 50.3 Å². The lowest BCUT2D eigenvalue weighted by Gasteiger charge is -2.16. The first-order valence-electron chi connectivity index (χ1n) is 7.10. The highest BCUT2D eigenvalue weighted by molar-refractivity contribution is 7.92. The first kappa shape index (κ1) is 16.6. The molecule has 3 rings (SSSR count). The summed E-state index contributed by atoms with van der Waals surface area (Å²) < 4.78 is 37.3. The highest BCUT2D eigenvalue weighted by Gasteiger charge is 2.12. The Morgan fingerprint density at radius 2 is 1.58 bits per heavy atom. The van der Waals surface area contributed by atoms with Crippen LogP contribution in [0.5, 0.6) is 0 Å². The van der Waals surface area contributed by atoms with Crippen LogP contribution in [0.2, 0.25) is 0 Å². The van der Waals surface area contributed by atoms with Crippen LogP contribution in [0.3, 0.4) is 0 Å². The highest BCUT2D eigenvalue weighted by atomic mass is 32.2. The molecule has 1 aromatic heterocycles. The van der Waals surface area contributed by atoms with E-state index >= 15 is 0 Å². The Bertz CT molecular complexity index is 949. The molecule has 0 atom stereocenters. The fourth-order valence-electron chi connectivity index (χ4n) is 2.16. The monoisotopic (exact) mass is 362 g/mol. The van der Waals surface area contributed by atoms with E-state index in [2.05, 4.69) is 4.98 Å². The van der Waals surface area contributed by atoms with E-state index in [1.54, 1.807) is 24.3 Å². The highest BCUT2D eigenvalue weighted by Crippen LogP contribution is 2.30. The Labute approximate surface area is 144 Å². The molecule has 0 saturated heterocycles. The maximum Gasteiger partial charge on any atom is 0.231 e. The lowest BCUT2D eigenvalue weighted by molar-refractivity contribution is 0.600. The number of sulfonamides is 1. The zero-order valence-corrected chi connectivity index (χ0v) is 14.7. The van der Waals surface area contributed by atoms with Crippen molar-refractivity contribution in [1.29, 1.82) is 0 Å². The molecule has 1 heterocycles. The fourth-order valence-corrected chi connectivity index (χ4v) is 3.50. The van der Waals surface area contributed by atoms with Crippen molar-refractivity contribution in [2.75, 3.05) is 17.6 Å². The minimum absolute atomic E-state index is 0.277. The van der Waals surface area contributed by atoms with Crippen LogP contribution in [0.15, 0.2) is 53.9 Å². The second kappa shape index (κ2) is 6.33. The van der Waals surface area contributed by atoms with Crippen LogP contribution in [0.4, 0.5) is 10.1 Å². The molecule has 124 valence electrons. The molecule has 0 radical (unpaired) electrons. The van der Waals surface area contributed by atoms with E-state index in [0.29, 0.717) is 5.69 Å².